The highest BCUT2D eigenvalue weighted by Gasteiger charge is 2.30. The van der Waals surface area contributed by atoms with E-state index in [-0.39, 0.29) is 5.54 Å². The molecule has 0 bridgehead atoms. The summed E-state index contributed by atoms with van der Waals surface area (Å²) in [6, 6.07) is 10.7. The van der Waals surface area contributed by atoms with E-state index in [9.17, 15) is 0 Å². The Balaban J connectivity index is 2.07. The van der Waals surface area contributed by atoms with Crippen LogP contribution in [0.25, 0.3) is 0 Å². The smallest absolute Gasteiger partial charge is 0.0483 e. The van der Waals surface area contributed by atoms with Crippen LogP contribution < -0.4 is 5.32 Å². The predicted molar refractivity (Wildman–Crippen MR) is 62.0 cm³/mol. The Morgan fingerprint density at radius 1 is 1.20 bits per heavy atom. The summed E-state index contributed by atoms with van der Waals surface area (Å²) in [7, 11) is 2.06. The molecule has 0 radical (unpaired) electrons. The number of ether oxygens (including phenoxy) is 1. The van der Waals surface area contributed by atoms with E-state index in [0.717, 1.165) is 32.5 Å². The van der Waals surface area contributed by atoms with Gasteiger partial charge in [-0.1, -0.05) is 30.3 Å². The van der Waals surface area contributed by atoms with E-state index in [0.29, 0.717) is 0 Å². The van der Waals surface area contributed by atoms with Crippen molar-refractivity contribution in [3.8, 4) is 0 Å². The molecule has 0 unspecified atom stereocenters. The van der Waals surface area contributed by atoms with Crippen molar-refractivity contribution < 1.29 is 4.74 Å². The summed E-state index contributed by atoms with van der Waals surface area (Å²) in [5.41, 5.74) is 1.66. The Morgan fingerprint density at radius 3 is 2.47 bits per heavy atom. The van der Waals surface area contributed by atoms with Gasteiger partial charge in [-0.15, -0.1) is 0 Å². The Morgan fingerprint density at radius 2 is 1.87 bits per heavy atom. The minimum Gasteiger partial charge on any atom is -0.381 e. The molecule has 0 aliphatic carbocycles. The van der Waals surface area contributed by atoms with Crippen molar-refractivity contribution in [2.24, 2.45) is 0 Å². The maximum absolute atomic E-state index is 5.42. The third kappa shape index (κ3) is 2.58. The lowest BCUT2D eigenvalue weighted by Gasteiger charge is -2.37. The zero-order valence-corrected chi connectivity index (χ0v) is 9.33. The molecule has 82 valence electrons. The quantitative estimate of drug-likeness (QED) is 0.815. The summed E-state index contributed by atoms with van der Waals surface area (Å²) in [5, 5.41) is 3.49. The van der Waals surface area contributed by atoms with E-state index < -0.39 is 0 Å². The van der Waals surface area contributed by atoms with Gasteiger partial charge in [-0.3, -0.25) is 0 Å². The van der Waals surface area contributed by atoms with Crippen LogP contribution in [0.5, 0.6) is 0 Å². The fourth-order valence-corrected chi connectivity index (χ4v) is 2.26. The van der Waals surface area contributed by atoms with E-state index in [1.807, 2.05) is 0 Å². The molecule has 2 heteroatoms. The minimum atomic E-state index is 0.250. The molecule has 0 spiro atoms. The first-order valence-corrected chi connectivity index (χ1v) is 5.65. The van der Waals surface area contributed by atoms with Crippen LogP contribution in [0, 0.1) is 0 Å². The molecule has 1 aliphatic rings. The van der Waals surface area contributed by atoms with Crippen LogP contribution in [-0.2, 0) is 11.2 Å². The van der Waals surface area contributed by atoms with Gasteiger partial charge in [0.25, 0.3) is 0 Å². The van der Waals surface area contributed by atoms with Gasteiger partial charge in [0.05, 0.1) is 0 Å². The lowest BCUT2D eigenvalue weighted by molar-refractivity contribution is 0.0413. The molecule has 0 aromatic heterocycles. The highest BCUT2D eigenvalue weighted by molar-refractivity contribution is 5.18. The van der Waals surface area contributed by atoms with Crippen molar-refractivity contribution in [2.45, 2.75) is 24.8 Å². The van der Waals surface area contributed by atoms with Crippen molar-refractivity contribution in [3.63, 3.8) is 0 Å². The van der Waals surface area contributed by atoms with E-state index in [1.54, 1.807) is 0 Å². The molecule has 1 fully saturated rings. The van der Waals surface area contributed by atoms with Crippen molar-refractivity contribution >= 4 is 0 Å². The van der Waals surface area contributed by atoms with Gasteiger partial charge in [0.2, 0.25) is 0 Å². The Bertz CT molecular complexity index is 291. The number of hydrogen-bond donors (Lipinski definition) is 1. The number of nitrogens with one attached hydrogen (secondary N) is 1. The second kappa shape index (κ2) is 4.77. The largest absolute Gasteiger partial charge is 0.381 e. The second-order valence-corrected chi connectivity index (χ2v) is 4.31. The molecule has 2 nitrogen and oxygen atoms in total. The molecule has 2 rings (SSSR count). The summed E-state index contributed by atoms with van der Waals surface area (Å²) in [4.78, 5) is 0. The molecular formula is C13H19NO. The SMILES string of the molecule is CNC1(Cc2ccccc2)CCOCC1. The molecule has 0 amide bonds. The number of likely N-dealkylation sites (N-methyl/N-ethyl adjacent to an activating group) is 1. The fourth-order valence-electron chi connectivity index (χ4n) is 2.26. The topological polar surface area (TPSA) is 21.3 Å². The second-order valence-electron chi connectivity index (χ2n) is 4.31. The maximum atomic E-state index is 5.42. The van der Waals surface area contributed by atoms with Crippen molar-refractivity contribution in [1.82, 2.24) is 5.32 Å². The average molecular weight is 205 g/mol. The molecular weight excluding hydrogens is 186 g/mol. The van der Waals surface area contributed by atoms with Crippen LogP contribution in [0.1, 0.15) is 18.4 Å². The highest BCUT2D eigenvalue weighted by Crippen LogP contribution is 2.24. The van der Waals surface area contributed by atoms with Crippen molar-refractivity contribution in [3.05, 3.63) is 35.9 Å². The Hall–Kier alpha value is -0.860. The van der Waals surface area contributed by atoms with Gasteiger partial charge >= 0.3 is 0 Å². The van der Waals surface area contributed by atoms with Gasteiger partial charge in [-0.05, 0) is 31.9 Å². The van der Waals surface area contributed by atoms with Gasteiger partial charge in [0, 0.05) is 18.8 Å². The van der Waals surface area contributed by atoms with Crippen molar-refractivity contribution in [2.75, 3.05) is 20.3 Å². The summed E-state index contributed by atoms with van der Waals surface area (Å²) < 4.78 is 5.42. The van der Waals surface area contributed by atoms with Crippen molar-refractivity contribution in [1.29, 1.82) is 0 Å². The van der Waals surface area contributed by atoms with Gasteiger partial charge in [0.15, 0.2) is 0 Å². The molecule has 1 aromatic carbocycles. The Kier molecular flexibility index (Phi) is 3.39. The standard InChI is InChI=1S/C13H19NO/c1-14-13(7-9-15-10-8-13)11-12-5-3-2-4-6-12/h2-6,14H,7-11H2,1H3. The molecule has 1 aromatic rings. The van der Waals surface area contributed by atoms with E-state index >= 15 is 0 Å². The summed E-state index contributed by atoms with van der Waals surface area (Å²) >= 11 is 0. The first-order chi connectivity index (χ1) is 7.35. The molecule has 1 N–H and O–H groups in total. The number of rotatable bonds is 3. The zero-order chi connectivity index (χ0) is 10.6. The number of benzene rings is 1. The van der Waals surface area contributed by atoms with Gasteiger partial charge in [-0.25, -0.2) is 0 Å². The van der Waals surface area contributed by atoms with Crippen LogP contribution >= 0.6 is 0 Å². The third-order valence-corrected chi connectivity index (χ3v) is 3.37. The predicted octanol–water partition coefficient (Wildman–Crippen LogP) is 2.00. The summed E-state index contributed by atoms with van der Waals surface area (Å²) in [5.74, 6) is 0. The first-order valence-electron chi connectivity index (χ1n) is 5.65. The molecule has 1 aliphatic heterocycles. The number of hydrogen-bond acceptors (Lipinski definition) is 2. The van der Waals surface area contributed by atoms with Crippen LogP contribution in [0.2, 0.25) is 0 Å². The van der Waals surface area contributed by atoms with Crippen LogP contribution in [0.3, 0.4) is 0 Å². The molecule has 0 atom stereocenters. The van der Waals surface area contributed by atoms with Gasteiger partial charge < -0.3 is 10.1 Å². The van der Waals surface area contributed by atoms with E-state index in [1.165, 1.54) is 5.56 Å². The lowest BCUT2D eigenvalue weighted by Crippen LogP contribution is -2.49. The summed E-state index contributed by atoms with van der Waals surface area (Å²) in [6.07, 6.45) is 3.32. The van der Waals surface area contributed by atoms with Crippen LogP contribution in [0.15, 0.2) is 30.3 Å². The average Bonchev–Trinajstić information content (AvgIpc) is 2.32. The monoisotopic (exact) mass is 205 g/mol. The fraction of sp³-hybridized carbons (Fsp3) is 0.538. The van der Waals surface area contributed by atoms with Crippen LogP contribution in [-0.4, -0.2) is 25.8 Å². The third-order valence-electron chi connectivity index (χ3n) is 3.37. The van der Waals surface area contributed by atoms with Crippen LogP contribution in [0.4, 0.5) is 0 Å². The van der Waals surface area contributed by atoms with Gasteiger partial charge in [-0.2, -0.15) is 0 Å². The zero-order valence-electron chi connectivity index (χ0n) is 9.33. The van der Waals surface area contributed by atoms with E-state index in [4.69, 9.17) is 4.74 Å². The Labute approximate surface area is 91.6 Å². The maximum Gasteiger partial charge on any atom is 0.0483 e. The van der Waals surface area contributed by atoms with Gasteiger partial charge in [0.1, 0.15) is 0 Å². The van der Waals surface area contributed by atoms with E-state index in [2.05, 4.69) is 42.7 Å². The summed E-state index contributed by atoms with van der Waals surface area (Å²) in [6.45, 7) is 1.77. The molecule has 1 saturated heterocycles. The minimum absolute atomic E-state index is 0.250. The normalized spacial score (nSPS) is 20.1. The highest BCUT2D eigenvalue weighted by atomic mass is 16.5. The molecule has 0 saturated carbocycles. The molecule has 1 heterocycles. The lowest BCUT2D eigenvalue weighted by atomic mass is 9.84. The first kappa shape index (κ1) is 10.7. The molecule has 15 heavy (non-hydrogen) atoms.